The fourth-order valence-electron chi connectivity index (χ4n) is 2.80. The van der Waals surface area contributed by atoms with E-state index in [0.29, 0.717) is 6.42 Å². The number of carbonyl (C=O) groups excluding carboxylic acids is 3. The number of hydrogen-bond acceptors (Lipinski definition) is 7. The zero-order chi connectivity index (χ0) is 21.6. The molecule has 0 aromatic carbocycles. The largest absolute Gasteiger partial charge is 0.481 e. The maximum Gasteiger partial charge on any atom is 0.326 e. The third-order valence-electron chi connectivity index (χ3n) is 4.29. The first-order valence-electron chi connectivity index (χ1n) is 8.75. The van der Waals surface area contributed by atoms with Gasteiger partial charge in [-0.15, -0.1) is 0 Å². The van der Waals surface area contributed by atoms with Crippen LogP contribution >= 0.6 is 0 Å². The van der Waals surface area contributed by atoms with Gasteiger partial charge in [-0.1, -0.05) is 0 Å². The third kappa shape index (κ3) is 6.16. The molecule has 158 valence electrons. The molecule has 0 spiro atoms. The van der Waals surface area contributed by atoms with Crippen LogP contribution in [0, 0.1) is 0 Å². The molecule has 1 aliphatic heterocycles. The zero-order valence-corrected chi connectivity index (χ0v) is 15.6. The number of likely N-dealkylation sites (tertiary alicyclic amines) is 1. The van der Waals surface area contributed by atoms with Crippen LogP contribution in [0.1, 0.15) is 33.1 Å². The summed E-state index contributed by atoms with van der Waals surface area (Å²) in [5, 5.41) is 32.5. The van der Waals surface area contributed by atoms with Crippen LogP contribution in [0.4, 0.5) is 0 Å². The van der Waals surface area contributed by atoms with E-state index in [4.69, 9.17) is 10.8 Å². The maximum atomic E-state index is 12.7. The average molecular weight is 402 g/mol. The molecule has 1 fully saturated rings. The van der Waals surface area contributed by atoms with Crippen LogP contribution in [0.15, 0.2) is 0 Å². The highest BCUT2D eigenvalue weighted by Crippen LogP contribution is 2.19. The van der Waals surface area contributed by atoms with E-state index in [0.717, 1.165) is 4.90 Å². The first-order valence-corrected chi connectivity index (χ1v) is 8.75. The van der Waals surface area contributed by atoms with Gasteiger partial charge < -0.3 is 36.6 Å². The lowest BCUT2D eigenvalue weighted by Gasteiger charge is -2.30. The number of nitrogens with zero attached hydrogens (tertiary/aromatic N) is 1. The molecular formula is C16H26N4O8. The molecule has 1 aliphatic rings. The molecule has 28 heavy (non-hydrogen) atoms. The van der Waals surface area contributed by atoms with Gasteiger partial charge in [0.25, 0.3) is 0 Å². The standard InChI is InChI=1S/C16H26N4O8/c1-7(17)13(24)18-9(6-11(22)23)14(25)19-12(8(2)21)15(26)20-5-3-4-10(20)16(27)28/h7-10,12,21H,3-6,17H2,1-2H3,(H,18,24)(H,19,25)(H,22,23)(H,27,28). The van der Waals surface area contributed by atoms with Crippen LogP contribution < -0.4 is 16.4 Å². The summed E-state index contributed by atoms with van der Waals surface area (Å²) in [5.41, 5.74) is 5.39. The van der Waals surface area contributed by atoms with Crippen LogP contribution in [-0.4, -0.2) is 86.7 Å². The van der Waals surface area contributed by atoms with Gasteiger partial charge in [0.1, 0.15) is 18.1 Å². The van der Waals surface area contributed by atoms with Crippen molar-refractivity contribution in [3.05, 3.63) is 0 Å². The van der Waals surface area contributed by atoms with Crippen molar-refractivity contribution in [1.29, 1.82) is 0 Å². The van der Waals surface area contributed by atoms with Gasteiger partial charge in [-0.3, -0.25) is 19.2 Å². The fraction of sp³-hybridized carbons (Fsp3) is 0.688. The monoisotopic (exact) mass is 402 g/mol. The van der Waals surface area contributed by atoms with Crippen molar-refractivity contribution >= 4 is 29.7 Å². The van der Waals surface area contributed by atoms with Crippen molar-refractivity contribution in [2.45, 2.75) is 63.4 Å². The smallest absolute Gasteiger partial charge is 0.326 e. The SMILES string of the molecule is CC(N)C(=O)NC(CC(=O)O)C(=O)NC(C(=O)N1CCCC1C(=O)O)C(C)O. The lowest BCUT2D eigenvalue weighted by atomic mass is 10.1. The minimum Gasteiger partial charge on any atom is -0.481 e. The maximum absolute atomic E-state index is 12.7. The van der Waals surface area contributed by atoms with Gasteiger partial charge in [-0.2, -0.15) is 0 Å². The summed E-state index contributed by atoms with van der Waals surface area (Å²) in [6.07, 6.45) is -1.46. The second-order valence-electron chi connectivity index (χ2n) is 6.70. The molecule has 1 heterocycles. The Morgan fingerprint density at radius 3 is 2.18 bits per heavy atom. The van der Waals surface area contributed by atoms with E-state index in [1.165, 1.54) is 13.8 Å². The number of nitrogens with two attached hydrogens (primary N) is 1. The summed E-state index contributed by atoms with van der Waals surface area (Å²) in [5.74, 6) is -5.17. The van der Waals surface area contributed by atoms with Crippen LogP contribution in [0.2, 0.25) is 0 Å². The quantitative estimate of drug-likeness (QED) is 0.236. The number of aliphatic carboxylic acids is 2. The topological polar surface area (TPSA) is 199 Å². The molecular weight excluding hydrogens is 376 g/mol. The number of aliphatic hydroxyl groups is 1. The molecule has 1 rings (SSSR count). The molecule has 12 heteroatoms. The van der Waals surface area contributed by atoms with Gasteiger partial charge in [-0.25, -0.2) is 4.79 Å². The Kier molecular flexibility index (Phi) is 8.32. The van der Waals surface area contributed by atoms with E-state index in [2.05, 4.69) is 10.6 Å². The molecule has 5 unspecified atom stereocenters. The highest BCUT2D eigenvalue weighted by atomic mass is 16.4. The number of amides is 3. The Bertz CT molecular complexity index is 636. The summed E-state index contributed by atoms with van der Waals surface area (Å²) in [7, 11) is 0. The van der Waals surface area contributed by atoms with E-state index in [-0.39, 0.29) is 13.0 Å². The number of rotatable bonds is 9. The summed E-state index contributed by atoms with van der Waals surface area (Å²) in [4.78, 5) is 60.2. The summed E-state index contributed by atoms with van der Waals surface area (Å²) in [6.45, 7) is 2.71. The van der Waals surface area contributed by atoms with E-state index >= 15 is 0 Å². The van der Waals surface area contributed by atoms with Crippen LogP contribution in [0.5, 0.6) is 0 Å². The van der Waals surface area contributed by atoms with Crippen LogP contribution in [-0.2, 0) is 24.0 Å². The molecule has 1 saturated heterocycles. The predicted octanol–water partition coefficient (Wildman–Crippen LogP) is -2.77. The number of carboxylic acids is 2. The molecule has 7 N–H and O–H groups in total. The molecule has 3 amide bonds. The Morgan fingerprint density at radius 2 is 1.71 bits per heavy atom. The second kappa shape index (κ2) is 9.99. The number of nitrogens with one attached hydrogen (secondary N) is 2. The Balaban J connectivity index is 2.96. The van der Waals surface area contributed by atoms with Crippen molar-refractivity contribution in [3.8, 4) is 0 Å². The highest BCUT2D eigenvalue weighted by Gasteiger charge is 2.40. The van der Waals surface area contributed by atoms with Gasteiger partial charge in [-0.05, 0) is 26.7 Å². The molecule has 0 aromatic heterocycles. The van der Waals surface area contributed by atoms with Gasteiger partial charge in [0.15, 0.2) is 0 Å². The van der Waals surface area contributed by atoms with Crippen molar-refractivity contribution in [3.63, 3.8) is 0 Å². The van der Waals surface area contributed by atoms with Crippen molar-refractivity contribution in [2.75, 3.05) is 6.54 Å². The van der Waals surface area contributed by atoms with E-state index < -0.39 is 66.4 Å². The average Bonchev–Trinajstić information content (AvgIpc) is 3.07. The number of carbonyl (C=O) groups is 5. The van der Waals surface area contributed by atoms with E-state index in [1.807, 2.05) is 0 Å². The van der Waals surface area contributed by atoms with Gasteiger partial charge in [0.2, 0.25) is 17.7 Å². The zero-order valence-electron chi connectivity index (χ0n) is 15.6. The predicted molar refractivity (Wildman–Crippen MR) is 93.8 cm³/mol. The lowest BCUT2D eigenvalue weighted by Crippen LogP contribution is -2.60. The van der Waals surface area contributed by atoms with Crippen molar-refractivity contribution < 1.29 is 39.3 Å². The third-order valence-corrected chi connectivity index (χ3v) is 4.29. The summed E-state index contributed by atoms with van der Waals surface area (Å²) in [6, 6.07) is -5.10. The molecule has 0 aliphatic carbocycles. The minimum absolute atomic E-state index is 0.148. The number of carboxylic acid groups (broad SMARTS) is 2. The van der Waals surface area contributed by atoms with Gasteiger partial charge in [0, 0.05) is 6.54 Å². The van der Waals surface area contributed by atoms with E-state index in [1.54, 1.807) is 0 Å². The first kappa shape index (κ1) is 23.3. The highest BCUT2D eigenvalue weighted by molar-refractivity contribution is 5.95. The summed E-state index contributed by atoms with van der Waals surface area (Å²) >= 11 is 0. The molecule has 0 radical (unpaired) electrons. The minimum atomic E-state index is -1.53. The molecule has 0 aromatic rings. The Morgan fingerprint density at radius 1 is 1.11 bits per heavy atom. The Labute approximate surface area is 161 Å². The summed E-state index contributed by atoms with van der Waals surface area (Å²) < 4.78 is 0. The van der Waals surface area contributed by atoms with Gasteiger partial charge in [0.05, 0.1) is 18.6 Å². The first-order chi connectivity index (χ1) is 13.0. The molecule has 0 saturated carbocycles. The number of aliphatic hydroxyl groups excluding tert-OH is 1. The van der Waals surface area contributed by atoms with Crippen LogP contribution in [0.25, 0.3) is 0 Å². The van der Waals surface area contributed by atoms with Crippen molar-refractivity contribution in [2.24, 2.45) is 5.73 Å². The van der Waals surface area contributed by atoms with Gasteiger partial charge >= 0.3 is 11.9 Å². The molecule has 5 atom stereocenters. The van der Waals surface area contributed by atoms with Crippen LogP contribution in [0.3, 0.4) is 0 Å². The second-order valence-corrected chi connectivity index (χ2v) is 6.70. The normalized spacial score (nSPS) is 20.6. The molecule has 12 nitrogen and oxygen atoms in total. The van der Waals surface area contributed by atoms with Crippen molar-refractivity contribution in [1.82, 2.24) is 15.5 Å². The molecule has 0 bridgehead atoms. The number of hydrogen-bond donors (Lipinski definition) is 6. The Hall–Kier alpha value is -2.73. The van der Waals surface area contributed by atoms with E-state index in [9.17, 15) is 34.2 Å². The fourth-order valence-corrected chi connectivity index (χ4v) is 2.80. The lowest BCUT2D eigenvalue weighted by molar-refractivity contribution is -0.151.